The second-order valence-corrected chi connectivity index (χ2v) is 4.87. The summed E-state index contributed by atoms with van der Waals surface area (Å²) in [6.45, 7) is 14.8. The van der Waals surface area contributed by atoms with Crippen LogP contribution in [0.1, 0.15) is 32.3 Å². The number of hydrogen-bond acceptors (Lipinski definition) is 1. The zero-order valence-corrected chi connectivity index (χ0v) is 12.7. The molecule has 0 bridgehead atoms. The fraction of sp³-hybridized carbons (Fsp3) is 0.316. The smallest absolute Gasteiger partial charge is 0.139 e. The molecule has 1 rings (SSSR count). The highest BCUT2D eigenvalue weighted by Crippen LogP contribution is 2.14. The fourth-order valence-electron chi connectivity index (χ4n) is 1.81. The van der Waals surface area contributed by atoms with Crippen LogP contribution in [-0.2, 0) is 4.79 Å². The van der Waals surface area contributed by atoms with Crippen molar-refractivity contribution in [1.29, 1.82) is 0 Å². The van der Waals surface area contributed by atoms with Gasteiger partial charge in [-0.1, -0.05) is 69.0 Å². The third-order valence-corrected chi connectivity index (χ3v) is 3.05. The Morgan fingerprint density at radius 3 is 1.75 bits per heavy atom. The molecule has 1 nitrogen and oxygen atoms in total. The van der Waals surface area contributed by atoms with E-state index in [1.807, 2.05) is 50.3 Å². The van der Waals surface area contributed by atoms with Gasteiger partial charge in [-0.2, -0.15) is 0 Å². The van der Waals surface area contributed by atoms with Crippen LogP contribution in [0.3, 0.4) is 0 Å². The molecule has 2 atom stereocenters. The molecule has 0 saturated heterocycles. The van der Waals surface area contributed by atoms with E-state index in [1.165, 1.54) is 5.56 Å². The predicted octanol–water partition coefficient (Wildman–Crippen LogP) is 5.31. The lowest BCUT2D eigenvalue weighted by Crippen LogP contribution is -2.18. The molecule has 0 saturated carbocycles. The standard InChI is InChI=1S/C11H18O.C8H8/c1-5-7-9(3)11(12)10(4)8-6-2;1-2-8-6-4-3-5-7-8/h5-6,9-10H,1-2,7-8H2,3-4H3;2-7H,1H2. The number of hydrogen-bond donors (Lipinski definition) is 0. The summed E-state index contributed by atoms with van der Waals surface area (Å²) >= 11 is 0. The van der Waals surface area contributed by atoms with Gasteiger partial charge in [0.2, 0.25) is 0 Å². The Kier molecular flexibility index (Phi) is 9.94. The first kappa shape index (κ1) is 18.1. The molecule has 0 amide bonds. The normalized spacial score (nSPS) is 12.3. The van der Waals surface area contributed by atoms with Crippen molar-refractivity contribution in [3.63, 3.8) is 0 Å². The summed E-state index contributed by atoms with van der Waals surface area (Å²) in [5, 5.41) is 0. The van der Waals surface area contributed by atoms with Gasteiger partial charge in [0.25, 0.3) is 0 Å². The molecule has 108 valence electrons. The quantitative estimate of drug-likeness (QED) is 0.614. The number of carbonyl (C=O) groups excluding carboxylic acids is 1. The third kappa shape index (κ3) is 7.52. The van der Waals surface area contributed by atoms with Gasteiger partial charge in [-0.05, 0) is 18.4 Å². The van der Waals surface area contributed by atoms with Crippen molar-refractivity contribution in [2.45, 2.75) is 26.7 Å². The fourth-order valence-corrected chi connectivity index (χ4v) is 1.81. The highest BCUT2D eigenvalue weighted by Gasteiger charge is 2.17. The lowest BCUT2D eigenvalue weighted by Gasteiger charge is -2.12. The molecule has 1 aromatic carbocycles. The van der Waals surface area contributed by atoms with E-state index in [4.69, 9.17) is 0 Å². The van der Waals surface area contributed by atoms with E-state index < -0.39 is 0 Å². The van der Waals surface area contributed by atoms with Crippen LogP contribution < -0.4 is 0 Å². The number of allylic oxidation sites excluding steroid dienone is 2. The van der Waals surface area contributed by atoms with Gasteiger partial charge in [0.15, 0.2) is 0 Å². The number of carbonyl (C=O) groups is 1. The minimum atomic E-state index is 0.109. The molecule has 2 unspecified atom stereocenters. The van der Waals surface area contributed by atoms with Crippen molar-refractivity contribution in [1.82, 2.24) is 0 Å². The van der Waals surface area contributed by atoms with Gasteiger partial charge in [-0.25, -0.2) is 0 Å². The maximum atomic E-state index is 11.5. The first-order chi connectivity index (χ1) is 9.56. The second-order valence-electron chi connectivity index (χ2n) is 4.87. The van der Waals surface area contributed by atoms with Crippen molar-refractivity contribution in [3.8, 4) is 0 Å². The second kappa shape index (κ2) is 11.0. The first-order valence-corrected chi connectivity index (χ1v) is 6.99. The molecule has 0 radical (unpaired) electrons. The minimum absolute atomic E-state index is 0.109. The van der Waals surface area contributed by atoms with E-state index in [2.05, 4.69) is 19.7 Å². The van der Waals surface area contributed by atoms with Gasteiger partial charge in [0, 0.05) is 11.8 Å². The van der Waals surface area contributed by atoms with Crippen LogP contribution in [0.2, 0.25) is 0 Å². The molecule has 0 aliphatic carbocycles. The van der Waals surface area contributed by atoms with E-state index in [9.17, 15) is 4.79 Å². The molecule has 0 N–H and O–H groups in total. The van der Waals surface area contributed by atoms with Crippen LogP contribution in [0.25, 0.3) is 6.08 Å². The van der Waals surface area contributed by atoms with Crippen molar-refractivity contribution in [2.24, 2.45) is 11.8 Å². The highest BCUT2D eigenvalue weighted by atomic mass is 16.1. The molecule has 20 heavy (non-hydrogen) atoms. The molecule has 0 fully saturated rings. The average Bonchev–Trinajstić information content (AvgIpc) is 2.48. The summed E-state index contributed by atoms with van der Waals surface area (Å²) < 4.78 is 0. The van der Waals surface area contributed by atoms with Crippen molar-refractivity contribution in [3.05, 3.63) is 67.8 Å². The van der Waals surface area contributed by atoms with Crippen molar-refractivity contribution >= 4 is 11.9 Å². The topological polar surface area (TPSA) is 17.1 Å². The van der Waals surface area contributed by atoms with Crippen LogP contribution in [0.5, 0.6) is 0 Å². The number of ketones is 1. The van der Waals surface area contributed by atoms with Crippen LogP contribution in [0.15, 0.2) is 62.2 Å². The van der Waals surface area contributed by atoms with Crippen LogP contribution >= 0.6 is 0 Å². The van der Waals surface area contributed by atoms with Gasteiger partial charge in [-0.15, -0.1) is 13.2 Å². The highest BCUT2D eigenvalue weighted by molar-refractivity contribution is 5.83. The molecule has 0 spiro atoms. The van der Waals surface area contributed by atoms with E-state index >= 15 is 0 Å². The maximum Gasteiger partial charge on any atom is 0.139 e. The van der Waals surface area contributed by atoms with E-state index in [0.717, 1.165) is 12.8 Å². The Morgan fingerprint density at radius 2 is 1.45 bits per heavy atom. The molecule has 1 heteroatoms. The van der Waals surface area contributed by atoms with E-state index in [1.54, 1.807) is 12.2 Å². The number of benzene rings is 1. The molecule has 0 aliphatic rings. The number of Topliss-reactive ketones (excluding diaryl/α,β-unsaturated/α-hetero) is 1. The molecular weight excluding hydrogens is 244 g/mol. The molecule has 1 aromatic rings. The Bertz CT molecular complexity index is 399. The SMILES string of the molecule is C=CCC(C)C(=O)C(C)CC=C.C=Cc1ccccc1. The largest absolute Gasteiger partial charge is 0.299 e. The maximum absolute atomic E-state index is 11.5. The van der Waals surface area contributed by atoms with Crippen molar-refractivity contribution in [2.75, 3.05) is 0 Å². The Labute approximate surface area is 123 Å². The summed E-state index contributed by atoms with van der Waals surface area (Å²) in [6.07, 6.45) is 6.98. The average molecular weight is 270 g/mol. The summed E-state index contributed by atoms with van der Waals surface area (Å²) in [4.78, 5) is 11.5. The lowest BCUT2D eigenvalue weighted by molar-refractivity contribution is -0.125. The lowest BCUT2D eigenvalue weighted by atomic mass is 9.91. The molecule has 0 aromatic heterocycles. The number of rotatable bonds is 7. The molecule has 0 heterocycles. The van der Waals surface area contributed by atoms with Crippen LogP contribution in [0, 0.1) is 11.8 Å². The summed E-state index contributed by atoms with van der Waals surface area (Å²) in [6, 6.07) is 10.0. The predicted molar refractivity (Wildman–Crippen MR) is 89.5 cm³/mol. The Balaban J connectivity index is 0.000000388. The van der Waals surface area contributed by atoms with Gasteiger partial charge < -0.3 is 0 Å². The Hall–Kier alpha value is -1.89. The third-order valence-electron chi connectivity index (χ3n) is 3.05. The molecular formula is C19H26O. The van der Waals surface area contributed by atoms with Gasteiger partial charge in [0.1, 0.15) is 5.78 Å². The van der Waals surface area contributed by atoms with Crippen molar-refractivity contribution < 1.29 is 4.79 Å². The van der Waals surface area contributed by atoms with Crippen LogP contribution in [-0.4, -0.2) is 5.78 Å². The van der Waals surface area contributed by atoms with Gasteiger partial charge in [0.05, 0.1) is 0 Å². The first-order valence-electron chi connectivity index (χ1n) is 6.99. The Morgan fingerprint density at radius 1 is 1.00 bits per heavy atom. The molecule has 0 aliphatic heterocycles. The monoisotopic (exact) mass is 270 g/mol. The summed E-state index contributed by atoms with van der Waals surface area (Å²) in [5.41, 5.74) is 1.17. The summed E-state index contributed by atoms with van der Waals surface area (Å²) in [5.74, 6) is 0.532. The zero-order valence-electron chi connectivity index (χ0n) is 12.7. The van der Waals surface area contributed by atoms with Gasteiger partial charge >= 0.3 is 0 Å². The summed E-state index contributed by atoms with van der Waals surface area (Å²) in [7, 11) is 0. The van der Waals surface area contributed by atoms with E-state index in [0.29, 0.717) is 5.78 Å². The van der Waals surface area contributed by atoms with E-state index in [-0.39, 0.29) is 11.8 Å². The minimum Gasteiger partial charge on any atom is -0.299 e. The van der Waals surface area contributed by atoms with Crippen LogP contribution in [0.4, 0.5) is 0 Å². The zero-order chi connectivity index (χ0) is 15.4. The van der Waals surface area contributed by atoms with Gasteiger partial charge in [-0.3, -0.25) is 4.79 Å².